The molecule has 2 N–H and O–H groups in total. The molecule has 0 fully saturated rings. The molecule has 0 aliphatic rings. The Kier molecular flexibility index (Phi) is 5.36. The number of carboxylic acid groups (broad SMARTS) is 1. The number of nitrogens with one attached hydrogen (secondary N) is 1. The predicted molar refractivity (Wildman–Crippen MR) is 62.5 cm³/mol. The number of benzene rings is 1. The molecule has 0 radical (unpaired) electrons. The molecule has 0 aliphatic heterocycles. The summed E-state index contributed by atoms with van der Waals surface area (Å²) < 4.78 is 39.2. The van der Waals surface area contributed by atoms with E-state index in [0.717, 1.165) is 0 Å². The number of alkyl carbamates (subject to hydrolysis) is 1. The maximum atomic E-state index is 11.8. The Hall–Kier alpha value is -2.25. The highest BCUT2D eigenvalue weighted by Crippen LogP contribution is 2.14. The summed E-state index contributed by atoms with van der Waals surface area (Å²) in [6, 6.07) is 6.03. The van der Waals surface area contributed by atoms with E-state index in [1.807, 2.05) is 0 Å². The number of amides is 1. The largest absolute Gasteiger partial charge is 0.478 e. The second-order valence-corrected chi connectivity index (χ2v) is 3.87. The van der Waals surface area contributed by atoms with Crippen molar-refractivity contribution < 1.29 is 32.6 Å². The second-order valence-electron chi connectivity index (χ2n) is 3.87. The van der Waals surface area contributed by atoms with Crippen LogP contribution in [0.4, 0.5) is 18.0 Å². The summed E-state index contributed by atoms with van der Waals surface area (Å²) in [5, 5.41) is 10.9. The van der Waals surface area contributed by atoms with Gasteiger partial charge in [-0.15, -0.1) is 0 Å². The summed E-state index contributed by atoms with van der Waals surface area (Å²) >= 11 is 0. The average molecular weight is 291 g/mol. The van der Waals surface area contributed by atoms with Crippen molar-refractivity contribution in [3.05, 3.63) is 35.4 Å². The van der Waals surface area contributed by atoms with Crippen molar-refractivity contribution in [1.82, 2.24) is 5.32 Å². The molecule has 1 amide bonds. The Bertz CT molecular complexity index is 488. The number of carboxylic acids is 1. The summed E-state index contributed by atoms with van der Waals surface area (Å²) in [7, 11) is 0. The zero-order valence-electron chi connectivity index (χ0n) is 10.2. The number of rotatable bonds is 5. The van der Waals surface area contributed by atoms with E-state index in [1.165, 1.54) is 12.1 Å². The number of carbonyl (C=O) groups is 2. The number of hydrogen-bond acceptors (Lipinski definition) is 3. The first kappa shape index (κ1) is 15.8. The third kappa shape index (κ3) is 6.07. The Morgan fingerprint density at radius 1 is 1.30 bits per heavy atom. The van der Waals surface area contributed by atoms with Crippen LogP contribution in [0.25, 0.3) is 0 Å². The van der Waals surface area contributed by atoms with Crippen LogP contribution >= 0.6 is 0 Å². The Labute approximate surface area is 112 Å². The van der Waals surface area contributed by atoms with Gasteiger partial charge in [-0.3, -0.25) is 0 Å². The van der Waals surface area contributed by atoms with E-state index < -0.39 is 24.8 Å². The standard InChI is InChI=1S/C12H12F3NO4/c13-12(14,15)7-20-11(19)16-5-4-8-2-1-3-9(6-8)10(17)18/h1-3,6H,4-5,7H2,(H,16,19)(H,17,18). The molecular weight excluding hydrogens is 279 g/mol. The molecule has 1 aromatic carbocycles. The molecule has 5 nitrogen and oxygen atoms in total. The summed E-state index contributed by atoms with van der Waals surface area (Å²) in [5.41, 5.74) is 0.739. The molecule has 1 rings (SSSR count). The van der Waals surface area contributed by atoms with Gasteiger partial charge in [-0.1, -0.05) is 12.1 Å². The van der Waals surface area contributed by atoms with Crippen LogP contribution < -0.4 is 5.32 Å². The van der Waals surface area contributed by atoms with Crippen LogP contribution in [-0.4, -0.2) is 36.5 Å². The lowest BCUT2D eigenvalue weighted by Gasteiger charge is -2.09. The van der Waals surface area contributed by atoms with Crippen LogP contribution in [0.15, 0.2) is 24.3 Å². The zero-order valence-corrected chi connectivity index (χ0v) is 10.2. The number of ether oxygens (including phenoxy) is 1. The van der Waals surface area contributed by atoms with Gasteiger partial charge in [0.2, 0.25) is 0 Å². The fraction of sp³-hybridized carbons (Fsp3) is 0.333. The fourth-order valence-corrected chi connectivity index (χ4v) is 1.37. The van der Waals surface area contributed by atoms with E-state index in [4.69, 9.17) is 5.11 Å². The quantitative estimate of drug-likeness (QED) is 0.872. The summed E-state index contributed by atoms with van der Waals surface area (Å²) in [6.07, 6.45) is -5.45. The number of aromatic carboxylic acids is 1. The van der Waals surface area contributed by atoms with Gasteiger partial charge < -0.3 is 15.2 Å². The van der Waals surface area contributed by atoms with Gasteiger partial charge in [-0.25, -0.2) is 9.59 Å². The van der Waals surface area contributed by atoms with Gasteiger partial charge in [-0.2, -0.15) is 13.2 Å². The fourth-order valence-electron chi connectivity index (χ4n) is 1.37. The molecule has 0 saturated heterocycles. The minimum atomic E-state index is -4.56. The summed E-state index contributed by atoms with van der Waals surface area (Å²) in [4.78, 5) is 21.6. The Morgan fingerprint density at radius 2 is 2.00 bits per heavy atom. The van der Waals surface area contributed by atoms with Crippen molar-refractivity contribution in [2.24, 2.45) is 0 Å². The van der Waals surface area contributed by atoms with Crippen molar-refractivity contribution >= 4 is 12.1 Å². The lowest BCUT2D eigenvalue weighted by molar-refractivity contribution is -0.160. The molecule has 110 valence electrons. The minimum Gasteiger partial charge on any atom is -0.478 e. The molecule has 0 aliphatic carbocycles. The third-order valence-corrected chi connectivity index (χ3v) is 2.22. The average Bonchev–Trinajstić information content (AvgIpc) is 2.36. The smallest absolute Gasteiger partial charge is 0.422 e. The van der Waals surface area contributed by atoms with E-state index in [9.17, 15) is 22.8 Å². The zero-order chi connectivity index (χ0) is 15.2. The van der Waals surface area contributed by atoms with Crippen LogP contribution in [0.5, 0.6) is 0 Å². The van der Waals surface area contributed by atoms with Crippen LogP contribution in [0.1, 0.15) is 15.9 Å². The first-order chi connectivity index (χ1) is 9.28. The van der Waals surface area contributed by atoms with Crippen LogP contribution in [0.3, 0.4) is 0 Å². The van der Waals surface area contributed by atoms with Gasteiger partial charge in [0.05, 0.1) is 5.56 Å². The highest BCUT2D eigenvalue weighted by atomic mass is 19.4. The summed E-state index contributed by atoms with van der Waals surface area (Å²) in [5.74, 6) is -1.08. The molecule has 0 saturated carbocycles. The molecule has 0 aromatic heterocycles. The first-order valence-corrected chi connectivity index (χ1v) is 5.57. The van der Waals surface area contributed by atoms with Crippen molar-refractivity contribution in [2.75, 3.05) is 13.2 Å². The minimum absolute atomic E-state index is 0.0414. The maximum Gasteiger partial charge on any atom is 0.422 e. The van der Waals surface area contributed by atoms with Crippen molar-refractivity contribution in [3.8, 4) is 0 Å². The first-order valence-electron chi connectivity index (χ1n) is 5.57. The molecule has 20 heavy (non-hydrogen) atoms. The van der Waals surface area contributed by atoms with Gasteiger partial charge in [-0.05, 0) is 24.1 Å². The Morgan fingerprint density at radius 3 is 2.60 bits per heavy atom. The van der Waals surface area contributed by atoms with Crippen LogP contribution in [0, 0.1) is 0 Å². The highest BCUT2D eigenvalue weighted by molar-refractivity contribution is 5.87. The SMILES string of the molecule is O=C(NCCc1cccc(C(=O)O)c1)OCC(F)(F)F. The van der Waals surface area contributed by atoms with Gasteiger partial charge in [0, 0.05) is 6.54 Å². The normalized spacial score (nSPS) is 10.9. The van der Waals surface area contributed by atoms with Gasteiger partial charge in [0.15, 0.2) is 6.61 Å². The summed E-state index contributed by atoms with van der Waals surface area (Å²) in [6.45, 7) is -1.60. The molecule has 8 heteroatoms. The van der Waals surface area contributed by atoms with Crippen LogP contribution in [-0.2, 0) is 11.2 Å². The van der Waals surface area contributed by atoms with Crippen LogP contribution in [0.2, 0.25) is 0 Å². The van der Waals surface area contributed by atoms with Gasteiger partial charge >= 0.3 is 18.2 Å². The lowest BCUT2D eigenvalue weighted by atomic mass is 10.1. The number of hydrogen-bond donors (Lipinski definition) is 2. The van der Waals surface area contributed by atoms with Crippen molar-refractivity contribution in [2.45, 2.75) is 12.6 Å². The molecule has 0 unspecified atom stereocenters. The van der Waals surface area contributed by atoms with Gasteiger partial charge in [0.1, 0.15) is 0 Å². The molecule has 0 atom stereocenters. The Balaban J connectivity index is 2.35. The van der Waals surface area contributed by atoms with Gasteiger partial charge in [0.25, 0.3) is 0 Å². The molecular formula is C12H12F3NO4. The number of carbonyl (C=O) groups excluding carboxylic acids is 1. The maximum absolute atomic E-state index is 11.8. The highest BCUT2D eigenvalue weighted by Gasteiger charge is 2.29. The second kappa shape index (κ2) is 6.78. The molecule has 0 spiro atoms. The van der Waals surface area contributed by atoms with E-state index >= 15 is 0 Å². The van der Waals surface area contributed by atoms with E-state index in [-0.39, 0.29) is 18.5 Å². The number of alkyl halides is 3. The number of halogens is 3. The third-order valence-electron chi connectivity index (χ3n) is 2.22. The van der Waals surface area contributed by atoms with E-state index in [1.54, 1.807) is 12.1 Å². The predicted octanol–water partition coefficient (Wildman–Crippen LogP) is 2.22. The molecule has 1 aromatic rings. The van der Waals surface area contributed by atoms with E-state index in [2.05, 4.69) is 10.1 Å². The molecule has 0 bridgehead atoms. The van der Waals surface area contributed by atoms with E-state index in [0.29, 0.717) is 5.56 Å². The van der Waals surface area contributed by atoms with Crippen molar-refractivity contribution in [3.63, 3.8) is 0 Å². The topological polar surface area (TPSA) is 75.6 Å². The lowest BCUT2D eigenvalue weighted by Crippen LogP contribution is -2.30. The monoisotopic (exact) mass is 291 g/mol. The van der Waals surface area contributed by atoms with Crippen molar-refractivity contribution in [1.29, 1.82) is 0 Å². The molecule has 0 heterocycles.